The van der Waals surface area contributed by atoms with E-state index < -0.39 is 0 Å². The number of hydrogen-bond acceptors (Lipinski definition) is 3. The molecule has 0 saturated carbocycles. The molecule has 0 atom stereocenters. The summed E-state index contributed by atoms with van der Waals surface area (Å²) >= 11 is 1.64. The average molecular weight is 233 g/mol. The molecule has 0 aliphatic heterocycles. The summed E-state index contributed by atoms with van der Waals surface area (Å²) in [7, 11) is 0. The van der Waals surface area contributed by atoms with Gasteiger partial charge in [0, 0.05) is 23.8 Å². The Morgan fingerprint density at radius 2 is 2.12 bits per heavy atom. The normalized spacial score (nSPS) is 10.6. The SMILES string of the molecule is CCNCc1ccc(Sc2ncc[nH]2)cc1. The van der Waals surface area contributed by atoms with Crippen LogP contribution in [0.5, 0.6) is 0 Å². The monoisotopic (exact) mass is 233 g/mol. The molecule has 0 bridgehead atoms. The second-order valence-electron chi connectivity index (χ2n) is 3.42. The average Bonchev–Trinajstić information content (AvgIpc) is 2.81. The van der Waals surface area contributed by atoms with Crippen LogP contribution in [-0.4, -0.2) is 16.5 Å². The summed E-state index contributed by atoms with van der Waals surface area (Å²) in [5, 5.41) is 4.23. The molecule has 0 radical (unpaired) electrons. The first-order valence-electron chi connectivity index (χ1n) is 5.35. The fourth-order valence-electron chi connectivity index (χ4n) is 1.36. The number of aromatic amines is 1. The lowest BCUT2D eigenvalue weighted by atomic mass is 10.2. The van der Waals surface area contributed by atoms with Crippen molar-refractivity contribution in [3.05, 3.63) is 42.2 Å². The third-order valence-electron chi connectivity index (χ3n) is 2.19. The summed E-state index contributed by atoms with van der Waals surface area (Å²) in [6.07, 6.45) is 3.60. The lowest BCUT2D eigenvalue weighted by Gasteiger charge is -2.03. The number of H-pyrrole nitrogens is 1. The highest BCUT2D eigenvalue weighted by molar-refractivity contribution is 7.99. The van der Waals surface area contributed by atoms with Crippen molar-refractivity contribution in [2.75, 3.05) is 6.54 Å². The number of hydrogen-bond donors (Lipinski definition) is 2. The van der Waals surface area contributed by atoms with Crippen molar-refractivity contribution in [1.29, 1.82) is 0 Å². The highest BCUT2D eigenvalue weighted by atomic mass is 32.2. The zero-order valence-corrected chi connectivity index (χ0v) is 10.1. The second-order valence-corrected chi connectivity index (χ2v) is 4.48. The van der Waals surface area contributed by atoms with Gasteiger partial charge in [0.2, 0.25) is 0 Å². The van der Waals surface area contributed by atoms with Crippen LogP contribution in [0.3, 0.4) is 0 Å². The van der Waals surface area contributed by atoms with Gasteiger partial charge in [-0.1, -0.05) is 30.8 Å². The van der Waals surface area contributed by atoms with E-state index in [0.717, 1.165) is 18.2 Å². The second kappa shape index (κ2) is 5.72. The lowest BCUT2D eigenvalue weighted by Crippen LogP contribution is -2.11. The van der Waals surface area contributed by atoms with Crippen molar-refractivity contribution in [3.63, 3.8) is 0 Å². The third kappa shape index (κ3) is 3.12. The maximum absolute atomic E-state index is 4.18. The van der Waals surface area contributed by atoms with Crippen molar-refractivity contribution in [1.82, 2.24) is 15.3 Å². The summed E-state index contributed by atoms with van der Waals surface area (Å²) in [4.78, 5) is 8.46. The van der Waals surface area contributed by atoms with E-state index in [0.29, 0.717) is 0 Å². The van der Waals surface area contributed by atoms with Crippen LogP contribution in [0.1, 0.15) is 12.5 Å². The minimum Gasteiger partial charge on any atom is -0.339 e. The van der Waals surface area contributed by atoms with Crippen LogP contribution >= 0.6 is 11.8 Å². The Bertz CT molecular complexity index is 408. The van der Waals surface area contributed by atoms with Crippen molar-refractivity contribution in [2.24, 2.45) is 0 Å². The zero-order chi connectivity index (χ0) is 11.2. The molecule has 4 heteroatoms. The minimum atomic E-state index is 0.930. The molecular formula is C12H15N3S. The Hall–Kier alpha value is -1.26. The van der Waals surface area contributed by atoms with Crippen LogP contribution in [0, 0.1) is 0 Å². The molecule has 1 aromatic carbocycles. The van der Waals surface area contributed by atoms with Crippen LogP contribution in [-0.2, 0) is 6.54 Å². The minimum absolute atomic E-state index is 0.930. The standard InChI is InChI=1S/C12H15N3S/c1-2-13-9-10-3-5-11(6-4-10)16-12-14-7-8-15-12/h3-8,13H,2,9H2,1H3,(H,14,15). The van der Waals surface area contributed by atoms with Crippen LogP contribution in [0.15, 0.2) is 46.7 Å². The highest BCUT2D eigenvalue weighted by Gasteiger charge is 1.99. The van der Waals surface area contributed by atoms with Gasteiger partial charge in [0.1, 0.15) is 0 Å². The first-order valence-corrected chi connectivity index (χ1v) is 6.17. The highest BCUT2D eigenvalue weighted by Crippen LogP contribution is 2.24. The Kier molecular flexibility index (Phi) is 4.02. The zero-order valence-electron chi connectivity index (χ0n) is 9.23. The van der Waals surface area contributed by atoms with Crippen LogP contribution in [0.4, 0.5) is 0 Å². The van der Waals surface area contributed by atoms with Crippen LogP contribution in [0.2, 0.25) is 0 Å². The number of benzene rings is 1. The van der Waals surface area contributed by atoms with Gasteiger partial charge < -0.3 is 10.3 Å². The van der Waals surface area contributed by atoms with Gasteiger partial charge in [0.15, 0.2) is 5.16 Å². The molecule has 16 heavy (non-hydrogen) atoms. The predicted octanol–water partition coefficient (Wildman–Crippen LogP) is 2.67. The first kappa shape index (κ1) is 11.2. The molecule has 0 aliphatic rings. The molecule has 0 spiro atoms. The molecule has 84 valence electrons. The van der Waals surface area contributed by atoms with E-state index >= 15 is 0 Å². The predicted molar refractivity (Wildman–Crippen MR) is 66.5 cm³/mol. The summed E-state index contributed by atoms with van der Waals surface area (Å²) in [6.45, 7) is 4.05. The Balaban J connectivity index is 1.96. The summed E-state index contributed by atoms with van der Waals surface area (Å²) in [5.41, 5.74) is 1.31. The van der Waals surface area contributed by atoms with Gasteiger partial charge in [0.25, 0.3) is 0 Å². The molecule has 0 fully saturated rings. The van der Waals surface area contributed by atoms with Crippen molar-refractivity contribution < 1.29 is 0 Å². The quantitative estimate of drug-likeness (QED) is 0.834. The maximum atomic E-state index is 4.18. The van der Waals surface area contributed by atoms with Crippen molar-refractivity contribution in [3.8, 4) is 0 Å². The fraction of sp³-hybridized carbons (Fsp3) is 0.250. The molecule has 0 saturated heterocycles. The van der Waals surface area contributed by atoms with E-state index in [1.54, 1.807) is 18.0 Å². The van der Waals surface area contributed by atoms with Gasteiger partial charge in [-0.2, -0.15) is 0 Å². The van der Waals surface area contributed by atoms with E-state index in [9.17, 15) is 0 Å². The van der Waals surface area contributed by atoms with Gasteiger partial charge >= 0.3 is 0 Å². The summed E-state index contributed by atoms with van der Waals surface area (Å²) in [5.74, 6) is 0. The molecule has 3 nitrogen and oxygen atoms in total. The van der Waals surface area contributed by atoms with E-state index in [-0.39, 0.29) is 0 Å². The lowest BCUT2D eigenvalue weighted by molar-refractivity contribution is 0.726. The van der Waals surface area contributed by atoms with Crippen LogP contribution < -0.4 is 5.32 Å². The topological polar surface area (TPSA) is 40.7 Å². The van der Waals surface area contributed by atoms with Crippen LogP contribution in [0.25, 0.3) is 0 Å². The summed E-state index contributed by atoms with van der Waals surface area (Å²) < 4.78 is 0. The fourth-order valence-corrected chi connectivity index (χ4v) is 2.10. The largest absolute Gasteiger partial charge is 0.339 e. The third-order valence-corrected chi connectivity index (χ3v) is 3.11. The van der Waals surface area contributed by atoms with Crippen molar-refractivity contribution in [2.45, 2.75) is 23.5 Å². The number of aromatic nitrogens is 2. The van der Waals surface area contributed by atoms with E-state index in [2.05, 4.69) is 46.5 Å². The van der Waals surface area contributed by atoms with Gasteiger partial charge in [-0.3, -0.25) is 0 Å². The van der Waals surface area contributed by atoms with Gasteiger partial charge in [-0.05, 0) is 24.2 Å². The van der Waals surface area contributed by atoms with Gasteiger partial charge in [-0.25, -0.2) is 4.98 Å². The molecular weight excluding hydrogens is 218 g/mol. The molecule has 0 unspecified atom stereocenters. The Morgan fingerprint density at radius 1 is 1.31 bits per heavy atom. The first-order chi connectivity index (χ1) is 7.88. The van der Waals surface area contributed by atoms with Crippen molar-refractivity contribution >= 4 is 11.8 Å². The van der Waals surface area contributed by atoms with Gasteiger partial charge in [0.05, 0.1) is 0 Å². The smallest absolute Gasteiger partial charge is 0.170 e. The van der Waals surface area contributed by atoms with E-state index in [1.807, 2.05) is 6.20 Å². The maximum Gasteiger partial charge on any atom is 0.170 e. The number of rotatable bonds is 5. The number of nitrogens with zero attached hydrogens (tertiary/aromatic N) is 1. The molecule has 2 rings (SSSR count). The van der Waals surface area contributed by atoms with Gasteiger partial charge in [-0.15, -0.1) is 0 Å². The Morgan fingerprint density at radius 3 is 2.75 bits per heavy atom. The molecule has 0 aliphatic carbocycles. The summed E-state index contributed by atoms with van der Waals surface area (Å²) in [6, 6.07) is 8.54. The molecule has 0 amide bonds. The molecule has 1 heterocycles. The number of nitrogens with one attached hydrogen (secondary N) is 2. The number of imidazole rings is 1. The Labute approximate surface area is 99.7 Å². The van der Waals surface area contributed by atoms with E-state index in [1.165, 1.54) is 10.5 Å². The molecule has 2 N–H and O–H groups in total. The molecule has 1 aromatic heterocycles. The van der Waals surface area contributed by atoms with E-state index in [4.69, 9.17) is 0 Å². The molecule has 2 aromatic rings.